The van der Waals surface area contributed by atoms with Gasteiger partial charge < -0.3 is 9.80 Å². The molecule has 0 radical (unpaired) electrons. The summed E-state index contributed by atoms with van der Waals surface area (Å²) in [6.45, 7) is 8.18. The lowest BCUT2D eigenvalue weighted by Gasteiger charge is -2.35. The van der Waals surface area contributed by atoms with Crippen LogP contribution in [-0.2, 0) is 29.0 Å². The summed E-state index contributed by atoms with van der Waals surface area (Å²) in [5.74, 6) is -0.212. The van der Waals surface area contributed by atoms with Crippen LogP contribution in [0.3, 0.4) is 0 Å². The van der Waals surface area contributed by atoms with Gasteiger partial charge in [-0.3, -0.25) is 19.9 Å². The molecule has 8 heteroatoms. The number of benzene rings is 2. The first-order chi connectivity index (χ1) is 17.4. The molecule has 1 aliphatic carbocycles. The summed E-state index contributed by atoms with van der Waals surface area (Å²) in [6.07, 6.45) is 2.75. The second kappa shape index (κ2) is 8.84. The molecule has 3 aromatic rings. The van der Waals surface area contributed by atoms with Gasteiger partial charge >= 0.3 is 6.03 Å². The molecule has 37 heavy (non-hydrogen) atoms. The van der Waals surface area contributed by atoms with Gasteiger partial charge in [0, 0.05) is 48.5 Å². The highest BCUT2D eigenvalue weighted by Gasteiger charge is 2.54. The molecule has 1 fully saturated rings. The van der Waals surface area contributed by atoms with Crippen molar-refractivity contribution in [2.75, 3.05) is 7.05 Å². The van der Waals surface area contributed by atoms with E-state index in [-0.39, 0.29) is 23.9 Å². The quantitative estimate of drug-likeness (QED) is 0.490. The van der Waals surface area contributed by atoms with Crippen molar-refractivity contribution in [3.63, 3.8) is 0 Å². The Hall–Kier alpha value is -3.45. The SMILES string of the molecule is CC(c1cccc(Cl)c1)N(Cc1cnc2cc3c(cc2c1)CC1(C3)C(=O)NC(=O)N1C)C(=O)C(C)(C)C. The van der Waals surface area contributed by atoms with Crippen LogP contribution in [-0.4, -0.2) is 45.2 Å². The summed E-state index contributed by atoms with van der Waals surface area (Å²) in [6, 6.07) is 13.2. The molecule has 1 saturated heterocycles. The fourth-order valence-corrected chi connectivity index (χ4v) is 5.62. The molecule has 2 aromatic carbocycles. The van der Waals surface area contributed by atoms with E-state index in [1.807, 2.05) is 69.1 Å². The predicted molar refractivity (Wildman–Crippen MR) is 143 cm³/mol. The molecule has 0 saturated carbocycles. The second-order valence-corrected chi connectivity index (χ2v) is 11.7. The molecular weight excluding hydrogens is 488 g/mol. The van der Waals surface area contributed by atoms with E-state index in [4.69, 9.17) is 16.6 Å². The molecule has 2 atom stereocenters. The number of rotatable bonds is 4. The molecule has 7 nitrogen and oxygen atoms in total. The number of hydrogen-bond acceptors (Lipinski definition) is 4. The van der Waals surface area contributed by atoms with Crippen LogP contribution in [0.25, 0.3) is 10.9 Å². The number of carbonyl (C=O) groups excluding carboxylic acids is 3. The van der Waals surface area contributed by atoms with Gasteiger partial charge in [0.15, 0.2) is 0 Å². The molecule has 4 amide bonds. The number of aromatic nitrogens is 1. The third-order valence-corrected chi connectivity index (χ3v) is 7.90. The van der Waals surface area contributed by atoms with Crippen LogP contribution in [0.5, 0.6) is 0 Å². The molecule has 1 N–H and O–H groups in total. The largest absolute Gasteiger partial charge is 0.331 e. The molecule has 2 heterocycles. The van der Waals surface area contributed by atoms with E-state index in [9.17, 15) is 14.4 Å². The number of hydrogen-bond donors (Lipinski definition) is 1. The molecule has 2 aliphatic rings. The lowest BCUT2D eigenvalue weighted by atomic mass is 9.92. The second-order valence-electron chi connectivity index (χ2n) is 11.3. The smallest absolute Gasteiger partial charge is 0.324 e. The summed E-state index contributed by atoms with van der Waals surface area (Å²) < 4.78 is 0. The lowest BCUT2D eigenvalue weighted by Crippen LogP contribution is -2.48. The van der Waals surface area contributed by atoms with E-state index >= 15 is 0 Å². The maximum absolute atomic E-state index is 13.5. The molecule has 1 aromatic heterocycles. The molecule has 1 aliphatic heterocycles. The zero-order valence-electron chi connectivity index (χ0n) is 21.8. The van der Waals surface area contributed by atoms with Crippen molar-refractivity contribution in [2.24, 2.45) is 5.41 Å². The van der Waals surface area contributed by atoms with E-state index in [0.717, 1.165) is 33.2 Å². The zero-order chi connectivity index (χ0) is 26.7. The third-order valence-electron chi connectivity index (χ3n) is 7.67. The first-order valence-electron chi connectivity index (χ1n) is 12.5. The van der Waals surface area contributed by atoms with Gasteiger partial charge in [0.05, 0.1) is 11.6 Å². The maximum atomic E-state index is 13.5. The highest BCUT2D eigenvalue weighted by atomic mass is 35.5. The fourth-order valence-electron chi connectivity index (χ4n) is 5.42. The number of nitrogens with zero attached hydrogens (tertiary/aromatic N) is 3. The van der Waals surface area contributed by atoms with Gasteiger partial charge in [-0.2, -0.15) is 0 Å². The normalized spacial score (nSPS) is 19.9. The third kappa shape index (κ3) is 4.35. The minimum atomic E-state index is -0.873. The van der Waals surface area contributed by atoms with Crippen molar-refractivity contribution in [3.8, 4) is 0 Å². The predicted octanol–water partition coefficient (Wildman–Crippen LogP) is 5.04. The zero-order valence-corrected chi connectivity index (χ0v) is 22.5. The Bertz CT molecular complexity index is 1450. The standard InChI is InChI=1S/C29H31ClN4O3/c1-17(19-7-6-8-23(30)11-19)34(26(36)28(2,3)4)16-18-9-20-10-21-13-29(25(35)32-27(37)33(29)5)14-22(21)12-24(20)31-15-18/h6-12,15,17H,13-14,16H2,1-5H3,(H,32,35,37). The van der Waals surface area contributed by atoms with Crippen LogP contribution >= 0.6 is 11.6 Å². The Balaban J connectivity index is 1.47. The number of imide groups is 1. The maximum Gasteiger partial charge on any atom is 0.324 e. The van der Waals surface area contributed by atoms with Crippen molar-refractivity contribution >= 4 is 40.3 Å². The Labute approximate surface area is 221 Å². The van der Waals surface area contributed by atoms with Crippen molar-refractivity contribution in [2.45, 2.75) is 58.7 Å². The molecule has 2 unspecified atom stereocenters. The number of carbonyl (C=O) groups is 3. The highest BCUT2D eigenvalue weighted by Crippen LogP contribution is 2.39. The average molecular weight is 519 g/mol. The van der Waals surface area contributed by atoms with Crippen LogP contribution in [0.1, 0.15) is 56.0 Å². The molecule has 1 spiro atoms. The monoisotopic (exact) mass is 518 g/mol. The summed E-state index contributed by atoms with van der Waals surface area (Å²) in [4.78, 5) is 46.4. The van der Waals surface area contributed by atoms with Gasteiger partial charge in [-0.05, 0) is 59.5 Å². The Kier molecular flexibility index (Phi) is 6.02. The van der Waals surface area contributed by atoms with Crippen LogP contribution in [0.15, 0.2) is 48.7 Å². The van der Waals surface area contributed by atoms with E-state index in [2.05, 4.69) is 17.4 Å². The van der Waals surface area contributed by atoms with Crippen LogP contribution in [0, 0.1) is 5.41 Å². The van der Waals surface area contributed by atoms with Crippen LogP contribution < -0.4 is 5.32 Å². The fraction of sp³-hybridized carbons (Fsp3) is 0.379. The van der Waals surface area contributed by atoms with Gasteiger partial charge in [0.1, 0.15) is 5.54 Å². The average Bonchev–Trinajstić information content (AvgIpc) is 3.31. The van der Waals surface area contributed by atoms with Crippen LogP contribution in [0.2, 0.25) is 5.02 Å². The molecular formula is C29H31ClN4O3. The molecule has 0 bridgehead atoms. The number of likely N-dealkylation sites (N-methyl/N-ethyl adjacent to an activating group) is 1. The first-order valence-corrected chi connectivity index (χ1v) is 12.8. The van der Waals surface area contributed by atoms with Gasteiger partial charge in [0.2, 0.25) is 5.91 Å². The van der Waals surface area contributed by atoms with Crippen LogP contribution in [0.4, 0.5) is 4.79 Å². The summed E-state index contributed by atoms with van der Waals surface area (Å²) >= 11 is 6.25. The van der Waals surface area contributed by atoms with Crippen molar-refractivity contribution < 1.29 is 14.4 Å². The number of nitrogens with one attached hydrogen (secondary N) is 1. The molecule has 192 valence electrons. The van der Waals surface area contributed by atoms with Crippen molar-refractivity contribution in [1.29, 1.82) is 0 Å². The Morgan fingerprint density at radius 1 is 1.16 bits per heavy atom. The Morgan fingerprint density at radius 2 is 1.86 bits per heavy atom. The lowest BCUT2D eigenvalue weighted by molar-refractivity contribution is -0.142. The van der Waals surface area contributed by atoms with E-state index in [1.54, 1.807) is 7.05 Å². The number of halogens is 1. The number of fused-ring (bicyclic) bond motifs is 2. The van der Waals surface area contributed by atoms with E-state index in [1.165, 1.54) is 4.90 Å². The van der Waals surface area contributed by atoms with Gasteiger partial charge in [-0.15, -0.1) is 0 Å². The van der Waals surface area contributed by atoms with E-state index in [0.29, 0.717) is 24.4 Å². The Morgan fingerprint density at radius 3 is 2.49 bits per heavy atom. The minimum absolute atomic E-state index is 0.0379. The first kappa shape index (κ1) is 25.2. The number of pyridine rings is 1. The molecule has 5 rings (SSSR count). The van der Waals surface area contributed by atoms with Crippen molar-refractivity contribution in [1.82, 2.24) is 20.1 Å². The topological polar surface area (TPSA) is 82.6 Å². The van der Waals surface area contributed by atoms with E-state index < -0.39 is 11.0 Å². The minimum Gasteiger partial charge on any atom is -0.331 e. The van der Waals surface area contributed by atoms with Crippen molar-refractivity contribution in [3.05, 3.63) is 75.9 Å². The van der Waals surface area contributed by atoms with Gasteiger partial charge in [-0.1, -0.05) is 44.5 Å². The summed E-state index contributed by atoms with van der Waals surface area (Å²) in [5, 5.41) is 4.02. The van der Waals surface area contributed by atoms with Gasteiger partial charge in [0.25, 0.3) is 5.91 Å². The number of amides is 4. The number of urea groups is 1. The highest BCUT2D eigenvalue weighted by molar-refractivity contribution is 6.30. The van der Waals surface area contributed by atoms with Gasteiger partial charge in [-0.25, -0.2) is 4.79 Å². The summed E-state index contributed by atoms with van der Waals surface area (Å²) in [7, 11) is 1.67. The summed E-state index contributed by atoms with van der Waals surface area (Å²) in [5.41, 5.74) is 3.35.